The molecule has 4 heteroatoms. The Morgan fingerprint density at radius 2 is 1.17 bits per heavy atom. The molecule has 232 valence electrons. The van der Waals surface area contributed by atoms with E-state index in [-0.39, 0.29) is 0 Å². The first-order chi connectivity index (χ1) is 23.3. The van der Waals surface area contributed by atoms with Gasteiger partial charge in [-0.25, -0.2) is 4.98 Å². The van der Waals surface area contributed by atoms with Gasteiger partial charge >= 0.3 is 7.12 Å². The molecule has 3 nitrogen and oxygen atoms in total. The lowest BCUT2D eigenvalue weighted by Crippen LogP contribution is -2.41. The van der Waals surface area contributed by atoms with Gasteiger partial charge in [0.2, 0.25) is 0 Å². The SMILES string of the molecule is CC1(C)OB(c2cccc(-c3nc4ccccc4c4c5c(ccc34)C(c3ccccc3)(c3ccccc3)c3ccccc3-5)c2)OC1(C)C. The third-order valence-corrected chi connectivity index (χ3v) is 11.0. The van der Waals surface area contributed by atoms with Gasteiger partial charge in [0, 0.05) is 21.7 Å². The van der Waals surface area contributed by atoms with E-state index in [0.717, 1.165) is 33.0 Å². The summed E-state index contributed by atoms with van der Waals surface area (Å²) in [7, 11) is -0.449. The Hall–Kier alpha value is -5.03. The van der Waals surface area contributed by atoms with E-state index in [9.17, 15) is 0 Å². The lowest BCUT2D eigenvalue weighted by Gasteiger charge is -2.34. The number of aromatic nitrogens is 1. The second-order valence-corrected chi connectivity index (χ2v) is 14.1. The monoisotopic (exact) mass is 621 g/mol. The Kier molecular flexibility index (Phi) is 6.37. The Morgan fingerprint density at radius 1 is 0.542 bits per heavy atom. The Morgan fingerprint density at radius 3 is 1.88 bits per heavy atom. The van der Waals surface area contributed by atoms with Crippen LogP contribution in [0.15, 0.2) is 146 Å². The van der Waals surface area contributed by atoms with Crippen LogP contribution < -0.4 is 5.46 Å². The summed E-state index contributed by atoms with van der Waals surface area (Å²) >= 11 is 0. The number of rotatable bonds is 4. The maximum atomic E-state index is 6.46. The quantitative estimate of drug-likeness (QED) is 0.145. The highest BCUT2D eigenvalue weighted by atomic mass is 16.7. The minimum Gasteiger partial charge on any atom is -0.399 e. The van der Waals surface area contributed by atoms with Crippen molar-refractivity contribution in [1.29, 1.82) is 0 Å². The molecule has 1 saturated heterocycles. The number of para-hydroxylation sites is 1. The molecule has 0 amide bonds. The van der Waals surface area contributed by atoms with Crippen LogP contribution in [0.1, 0.15) is 49.9 Å². The van der Waals surface area contributed by atoms with Crippen molar-refractivity contribution in [2.75, 3.05) is 0 Å². The van der Waals surface area contributed by atoms with Crippen LogP contribution in [0.4, 0.5) is 0 Å². The molecule has 0 saturated carbocycles. The summed E-state index contributed by atoms with van der Waals surface area (Å²) < 4.78 is 12.9. The number of benzene rings is 6. The van der Waals surface area contributed by atoms with Gasteiger partial charge in [0.25, 0.3) is 0 Å². The minimum atomic E-state index is -0.468. The highest BCUT2D eigenvalue weighted by Crippen LogP contribution is 2.58. The van der Waals surface area contributed by atoms with E-state index in [2.05, 4.69) is 173 Å². The van der Waals surface area contributed by atoms with Gasteiger partial charge in [-0.3, -0.25) is 0 Å². The van der Waals surface area contributed by atoms with Crippen LogP contribution in [0.2, 0.25) is 0 Å². The van der Waals surface area contributed by atoms with E-state index in [0.29, 0.717) is 0 Å². The van der Waals surface area contributed by atoms with E-state index >= 15 is 0 Å². The molecule has 6 aromatic carbocycles. The zero-order valence-corrected chi connectivity index (χ0v) is 27.7. The lowest BCUT2D eigenvalue weighted by molar-refractivity contribution is 0.00578. The molecule has 9 rings (SSSR count). The topological polar surface area (TPSA) is 31.4 Å². The maximum absolute atomic E-state index is 6.46. The highest BCUT2D eigenvalue weighted by Gasteiger charge is 2.52. The number of fused-ring (bicyclic) bond motifs is 7. The van der Waals surface area contributed by atoms with Crippen molar-refractivity contribution in [3.8, 4) is 22.4 Å². The zero-order valence-electron chi connectivity index (χ0n) is 27.7. The number of nitrogens with zero attached hydrogens (tertiary/aromatic N) is 1. The summed E-state index contributed by atoms with van der Waals surface area (Å²) in [6, 6.07) is 52.7. The molecule has 7 aromatic rings. The summed E-state index contributed by atoms with van der Waals surface area (Å²) in [6.07, 6.45) is 0. The number of hydrogen-bond acceptors (Lipinski definition) is 3. The first-order valence-corrected chi connectivity index (χ1v) is 16.8. The fourth-order valence-electron chi connectivity index (χ4n) is 8.01. The molecule has 1 aromatic heterocycles. The number of pyridine rings is 1. The fraction of sp³-hybridized carbons (Fsp3) is 0.159. The first-order valence-electron chi connectivity index (χ1n) is 16.8. The van der Waals surface area contributed by atoms with Crippen molar-refractivity contribution in [1.82, 2.24) is 4.98 Å². The normalized spacial score (nSPS) is 17.0. The van der Waals surface area contributed by atoms with Crippen LogP contribution in [0.3, 0.4) is 0 Å². The second kappa shape index (κ2) is 10.5. The molecule has 0 bridgehead atoms. The molecule has 1 fully saturated rings. The Labute approximate surface area is 282 Å². The van der Waals surface area contributed by atoms with Crippen molar-refractivity contribution in [3.05, 3.63) is 168 Å². The van der Waals surface area contributed by atoms with Gasteiger partial charge in [0.1, 0.15) is 0 Å². The first kappa shape index (κ1) is 29.1. The molecule has 2 heterocycles. The molecule has 1 aliphatic heterocycles. The van der Waals surface area contributed by atoms with Crippen molar-refractivity contribution >= 4 is 34.3 Å². The van der Waals surface area contributed by atoms with Gasteiger partial charge in [-0.1, -0.05) is 140 Å². The maximum Gasteiger partial charge on any atom is 0.494 e. The van der Waals surface area contributed by atoms with E-state index < -0.39 is 23.7 Å². The summed E-state index contributed by atoms with van der Waals surface area (Å²) in [5, 5.41) is 3.52. The summed E-state index contributed by atoms with van der Waals surface area (Å²) in [4.78, 5) is 5.35. The van der Waals surface area contributed by atoms with Crippen LogP contribution in [0, 0.1) is 0 Å². The van der Waals surface area contributed by atoms with E-state index in [1.807, 2.05) is 0 Å². The van der Waals surface area contributed by atoms with Crippen molar-refractivity contribution in [3.63, 3.8) is 0 Å². The van der Waals surface area contributed by atoms with Gasteiger partial charge in [-0.15, -0.1) is 0 Å². The predicted molar refractivity (Wildman–Crippen MR) is 198 cm³/mol. The highest BCUT2D eigenvalue weighted by molar-refractivity contribution is 6.62. The van der Waals surface area contributed by atoms with Gasteiger partial charge in [0.15, 0.2) is 0 Å². The van der Waals surface area contributed by atoms with Crippen molar-refractivity contribution < 1.29 is 9.31 Å². The van der Waals surface area contributed by atoms with Crippen molar-refractivity contribution in [2.24, 2.45) is 0 Å². The van der Waals surface area contributed by atoms with Crippen LogP contribution in [-0.4, -0.2) is 23.3 Å². The van der Waals surface area contributed by atoms with Gasteiger partial charge < -0.3 is 9.31 Å². The van der Waals surface area contributed by atoms with E-state index in [1.165, 1.54) is 38.8 Å². The third-order valence-electron chi connectivity index (χ3n) is 11.0. The van der Waals surface area contributed by atoms with Crippen LogP contribution in [-0.2, 0) is 14.7 Å². The standard InChI is InChI=1S/C44H36BNO2/c1-42(2)43(3,4)48-45(47-42)32-21-15-16-29(28-32)41-35-26-27-37-40(39(35)34-23-12-14-25-38(34)46-41)33-22-11-13-24-36(33)44(37,30-17-7-5-8-18-30)31-19-9-6-10-20-31/h5-28H,1-4H3. The number of hydrogen-bond donors (Lipinski definition) is 0. The fourth-order valence-corrected chi connectivity index (χ4v) is 8.01. The molecule has 48 heavy (non-hydrogen) atoms. The Bertz CT molecular complexity index is 2310. The third kappa shape index (κ3) is 4.06. The molecule has 2 aliphatic rings. The van der Waals surface area contributed by atoms with Crippen LogP contribution >= 0.6 is 0 Å². The van der Waals surface area contributed by atoms with Crippen LogP contribution in [0.5, 0.6) is 0 Å². The van der Waals surface area contributed by atoms with Crippen LogP contribution in [0.25, 0.3) is 44.1 Å². The smallest absolute Gasteiger partial charge is 0.399 e. The largest absolute Gasteiger partial charge is 0.494 e. The average molecular weight is 622 g/mol. The van der Waals surface area contributed by atoms with Gasteiger partial charge in [0.05, 0.1) is 27.8 Å². The average Bonchev–Trinajstić information content (AvgIpc) is 3.55. The van der Waals surface area contributed by atoms with Gasteiger partial charge in [-0.2, -0.15) is 0 Å². The van der Waals surface area contributed by atoms with E-state index in [1.54, 1.807) is 0 Å². The molecular weight excluding hydrogens is 585 g/mol. The second-order valence-electron chi connectivity index (χ2n) is 14.1. The summed E-state index contributed by atoms with van der Waals surface area (Å²) in [5.41, 5.74) is 10.3. The summed E-state index contributed by atoms with van der Waals surface area (Å²) in [6.45, 7) is 8.38. The predicted octanol–water partition coefficient (Wildman–Crippen LogP) is 9.72. The molecule has 1 aliphatic carbocycles. The molecule has 0 radical (unpaired) electrons. The molecule has 0 spiro atoms. The molecular formula is C44H36BNO2. The molecule has 0 atom stereocenters. The van der Waals surface area contributed by atoms with Gasteiger partial charge in [-0.05, 0) is 72.6 Å². The lowest BCUT2D eigenvalue weighted by atomic mass is 9.67. The Balaban J connectivity index is 1.35. The molecule has 0 N–H and O–H groups in total. The summed E-state index contributed by atoms with van der Waals surface area (Å²) in [5.74, 6) is 0. The molecule has 0 unspecified atom stereocenters. The van der Waals surface area contributed by atoms with Crippen molar-refractivity contribution in [2.45, 2.75) is 44.3 Å². The van der Waals surface area contributed by atoms with E-state index in [4.69, 9.17) is 14.3 Å². The minimum absolute atomic E-state index is 0.417. The zero-order chi connectivity index (χ0) is 32.7.